The lowest BCUT2D eigenvalue weighted by Gasteiger charge is -2.47. The van der Waals surface area contributed by atoms with Crippen LogP contribution in [-0.2, 0) is 11.3 Å². The van der Waals surface area contributed by atoms with Gasteiger partial charge >= 0.3 is 12.3 Å². The molecule has 28 heavy (non-hydrogen) atoms. The van der Waals surface area contributed by atoms with Gasteiger partial charge in [-0.2, -0.15) is 8.78 Å². The highest BCUT2D eigenvalue weighted by Crippen LogP contribution is 2.52. The van der Waals surface area contributed by atoms with E-state index in [1.54, 1.807) is 6.92 Å². The summed E-state index contributed by atoms with van der Waals surface area (Å²) in [7, 11) is 0. The number of halogens is 6. The standard InChI is InChI=1S/C17H15Cl2F4N3O2/c1-8(26-5-10-9(14(26)27)2-3-25-13(10)19)16(6-24)4-11(18)12(16)28-7-17(22,23)15(20)21/h2-3,6,8,15,24H,4-5,7H2,1H3. The second-order valence-corrected chi connectivity index (χ2v) is 7.50. The predicted octanol–water partition coefficient (Wildman–Crippen LogP) is 4.49. The molecule has 0 spiro atoms. The van der Waals surface area contributed by atoms with E-state index in [9.17, 15) is 22.4 Å². The van der Waals surface area contributed by atoms with Gasteiger partial charge in [-0.3, -0.25) is 4.79 Å². The minimum absolute atomic E-state index is 0.0456. The number of pyridine rings is 1. The molecule has 2 unspecified atom stereocenters. The van der Waals surface area contributed by atoms with Crippen molar-refractivity contribution in [2.24, 2.45) is 5.41 Å². The molecule has 152 valence electrons. The van der Waals surface area contributed by atoms with E-state index in [-0.39, 0.29) is 34.8 Å². The van der Waals surface area contributed by atoms with Crippen LogP contribution in [0, 0.1) is 10.8 Å². The lowest BCUT2D eigenvalue weighted by atomic mass is 9.69. The highest BCUT2D eigenvalue weighted by molar-refractivity contribution is 6.31. The normalized spacial score (nSPS) is 23.0. The zero-order valence-electron chi connectivity index (χ0n) is 14.5. The van der Waals surface area contributed by atoms with E-state index in [4.69, 9.17) is 33.3 Å². The number of nitrogens with one attached hydrogen (secondary N) is 1. The van der Waals surface area contributed by atoms with Crippen molar-refractivity contribution in [3.63, 3.8) is 0 Å². The van der Waals surface area contributed by atoms with Crippen molar-refractivity contribution in [1.29, 1.82) is 5.41 Å². The molecule has 0 aromatic carbocycles. The van der Waals surface area contributed by atoms with Crippen molar-refractivity contribution in [3.05, 3.63) is 39.3 Å². The maximum absolute atomic E-state index is 13.3. The minimum Gasteiger partial charge on any atom is -0.489 e. The molecule has 1 amide bonds. The van der Waals surface area contributed by atoms with Gasteiger partial charge < -0.3 is 15.0 Å². The average molecular weight is 440 g/mol. The second kappa shape index (κ2) is 7.18. The quantitative estimate of drug-likeness (QED) is 0.386. The molecule has 0 radical (unpaired) electrons. The van der Waals surface area contributed by atoms with E-state index in [1.165, 1.54) is 17.2 Å². The fourth-order valence-corrected chi connectivity index (χ4v) is 4.06. The number of rotatable bonds is 7. The lowest BCUT2D eigenvalue weighted by Crippen LogP contribution is -2.53. The Morgan fingerprint density at radius 1 is 1.46 bits per heavy atom. The van der Waals surface area contributed by atoms with Crippen LogP contribution in [0.4, 0.5) is 17.6 Å². The van der Waals surface area contributed by atoms with Crippen molar-refractivity contribution in [1.82, 2.24) is 9.88 Å². The number of allylic oxidation sites excluding steroid dienone is 1. The Morgan fingerprint density at radius 3 is 2.68 bits per heavy atom. The number of carbonyl (C=O) groups excluding carboxylic acids is 1. The molecule has 1 N–H and O–H groups in total. The van der Waals surface area contributed by atoms with E-state index < -0.39 is 30.4 Å². The van der Waals surface area contributed by atoms with Crippen LogP contribution >= 0.6 is 23.2 Å². The second-order valence-electron chi connectivity index (χ2n) is 6.68. The predicted molar refractivity (Wildman–Crippen MR) is 94.2 cm³/mol. The van der Waals surface area contributed by atoms with E-state index in [0.717, 1.165) is 6.21 Å². The van der Waals surface area contributed by atoms with E-state index in [2.05, 4.69) is 4.98 Å². The Kier molecular flexibility index (Phi) is 5.35. The summed E-state index contributed by atoms with van der Waals surface area (Å²) in [6.45, 7) is 0.131. The Hall–Kier alpha value is -1.87. The molecule has 0 saturated heterocycles. The number of alkyl halides is 4. The van der Waals surface area contributed by atoms with E-state index in [1.807, 2.05) is 0 Å². The molecule has 2 aliphatic rings. The smallest absolute Gasteiger partial charge is 0.340 e. The molecule has 3 rings (SSSR count). The number of ether oxygens (including phenoxy) is 1. The summed E-state index contributed by atoms with van der Waals surface area (Å²) < 4.78 is 56.3. The third-order valence-electron chi connectivity index (χ3n) is 5.14. The minimum atomic E-state index is -4.37. The zero-order chi connectivity index (χ0) is 20.9. The molecular weight excluding hydrogens is 425 g/mol. The summed E-state index contributed by atoms with van der Waals surface area (Å²) in [4.78, 5) is 18.1. The Morgan fingerprint density at radius 2 is 2.14 bits per heavy atom. The van der Waals surface area contributed by atoms with Gasteiger partial charge in [-0.15, -0.1) is 0 Å². The molecule has 0 bridgehead atoms. The van der Waals surface area contributed by atoms with Crippen LogP contribution in [-0.4, -0.2) is 47.0 Å². The number of aromatic nitrogens is 1. The van der Waals surface area contributed by atoms with Gasteiger partial charge in [-0.05, 0) is 13.0 Å². The topological polar surface area (TPSA) is 66.3 Å². The van der Waals surface area contributed by atoms with Gasteiger partial charge in [0.15, 0.2) is 6.61 Å². The van der Waals surface area contributed by atoms with Crippen molar-refractivity contribution in [2.45, 2.75) is 38.3 Å². The largest absolute Gasteiger partial charge is 0.489 e. The molecule has 1 aliphatic carbocycles. The molecule has 5 nitrogen and oxygen atoms in total. The van der Waals surface area contributed by atoms with Gasteiger partial charge in [0.1, 0.15) is 10.9 Å². The Bertz CT molecular complexity index is 865. The molecule has 0 fully saturated rings. The maximum Gasteiger partial charge on any atom is 0.340 e. The molecule has 1 aromatic rings. The SMILES string of the molecule is CC(N1Cc2c(ccnc2Cl)C1=O)C1(C=N)CC(Cl)=C1OCC(F)(F)C(F)F. The molecule has 11 heteroatoms. The first-order valence-electron chi connectivity index (χ1n) is 8.19. The molecule has 0 saturated carbocycles. The van der Waals surface area contributed by atoms with E-state index in [0.29, 0.717) is 11.1 Å². The van der Waals surface area contributed by atoms with Crippen LogP contribution in [0.25, 0.3) is 0 Å². The fraction of sp³-hybridized carbons (Fsp3) is 0.471. The number of amides is 1. The average Bonchev–Trinajstić information content (AvgIpc) is 2.97. The van der Waals surface area contributed by atoms with Crippen molar-refractivity contribution < 1.29 is 27.1 Å². The fourth-order valence-electron chi connectivity index (χ4n) is 3.39. The first-order chi connectivity index (χ1) is 13.0. The molecule has 1 aromatic heterocycles. The first kappa shape index (κ1) is 20.9. The highest BCUT2D eigenvalue weighted by Gasteiger charge is 2.54. The van der Waals surface area contributed by atoms with Gasteiger partial charge in [-0.25, -0.2) is 13.8 Å². The Labute approximate surface area is 167 Å². The number of hydrogen-bond acceptors (Lipinski definition) is 4. The third kappa shape index (κ3) is 3.14. The monoisotopic (exact) mass is 439 g/mol. The summed E-state index contributed by atoms with van der Waals surface area (Å²) in [6, 6.07) is 0.788. The van der Waals surface area contributed by atoms with Gasteiger partial charge in [-0.1, -0.05) is 23.2 Å². The summed E-state index contributed by atoms with van der Waals surface area (Å²) in [5, 5.41) is 8.01. The van der Waals surface area contributed by atoms with Gasteiger partial charge in [0, 0.05) is 36.0 Å². The summed E-state index contributed by atoms with van der Waals surface area (Å²) in [5.74, 6) is -4.94. The summed E-state index contributed by atoms with van der Waals surface area (Å²) in [5.41, 5.74) is -0.428. The van der Waals surface area contributed by atoms with Crippen LogP contribution in [0.2, 0.25) is 5.15 Å². The van der Waals surface area contributed by atoms with Gasteiger partial charge in [0.25, 0.3) is 5.91 Å². The molecule has 2 atom stereocenters. The Balaban J connectivity index is 1.84. The molecule has 1 aliphatic heterocycles. The third-order valence-corrected chi connectivity index (χ3v) is 5.77. The van der Waals surface area contributed by atoms with Crippen LogP contribution in [0.5, 0.6) is 0 Å². The molecule has 2 heterocycles. The summed E-state index contributed by atoms with van der Waals surface area (Å²) in [6.07, 6.45) is -1.51. The number of fused-ring (bicyclic) bond motifs is 1. The van der Waals surface area contributed by atoms with Crippen molar-refractivity contribution in [3.8, 4) is 0 Å². The summed E-state index contributed by atoms with van der Waals surface area (Å²) >= 11 is 12.0. The van der Waals surface area contributed by atoms with Crippen LogP contribution in [0.1, 0.15) is 29.3 Å². The molecular formula is C17H15Cl2F4N3O2. The number of hydrogen-bond donors (Lipinski definition) is 1. The zero-order valence-corrected chi connectivity index (χ0v) is 16.0. The van der Waals surface area contributed by atoms with Gasteiger partial charge in [0.2, 0.25) is 0 Å². The van der Waals surface area contributed by atoms with E-state index >= 15 is 0 Å². The lowest BCUT2D eigenvalue weighted by molar-refractivity contribution is -0.162. The van der Waals surface area contributed by atoms with Crippen LogP contribution in [0.15, 0.2) is 23.1 Å². The van der Waals surface area contributed by atoms with Crippen LogP contribution in [0.3, 0.4) is 0 Å². The maximum atomic E-state index is 13.3. The first-order valence-corrected chi connectivity index (χ1v) is 8.94. The van der Waals surface area contributed by atoms with Crippen molar-refractivity contribution in [2.75, 3.05) is 6.61 Å². The van der Waals surface area contributed by atoms with Crippen molar-refractivity contribution >= 4 is 35.3 Å². The highest BCUT2D eigenvalue weighted by atomic mass is 35.5. The number of nitrogens with zero attached hydrogens (tertiary/aromatic N) is 2. The number of carbonyl (C=O) groups is 1. The van der Waals surface area contributed by atoms with Gasteiger partial charge in [0.05, 0.1) is 17.0 Å². The van der Waals surface area contributed by atoms with Crippen LogP contribution < -0.4 is 0 Å².